The average molecular weight is 408 g/mol. The van der Waals surface area contributed by atoms with E-state index in [1.54, 1.807) is 43.1 Å². The first-order valence-corrected chi connectivity index (χ1v) is 9.76. The highest BCUT2D eigenvalue weighted by molar-refractivity contribution is 7.99. The molecule has 0 bridgehead atoms. The van der Waals surface area contributed by atoms with Crippen LogP contribution in [0.2, 0.25) is 5.02 Å². The van der Waals surface area contributed by atoms with E-state index in [0.717, 1.165) is 16.2 Å². The van der Waals surface area contributed by atoms with Crippen LogP contribution in [0, 0.1) is 0 Å². The van der Waals surface area contributed by atoms with E-state index in [-0.39, 0.29) is 18.3 Å². The molecule has 0 fully saturated rings. The smallest absolute Gasteiger partial charge is 0.307 e. The number of nitrogens with one attached hydrogen (secondary N) is 1. The molecule has 27 heavy (non-hydrogen) atoms. The van der Waals surface area contributed by atoms with Gasteiger partial charge in [-0.15, -0.1) is 11.8 Å². The van der Waals surface area contributed by atoms with Crippen LogP contribution in [-0.4, -0.2) is 31.8 Å². The Morgan fingerprint density at radius 2 is 1.74 bits per heavy atom. The molecule has 1 amide bonds. The minimum atomic E-state index is -0.451. The number of esters is 1. The zero-order chi connectivity index (χ0) is 19.6. The Morgan fingerprint density at radius 3 is 2.33 bits per heavy atom. The van der Waals surface area contributed by atoms with Crippen molar-refractivity contribution >= 4 is 35.2 Å². The number of methoxy groups -OCH3 is 2. The van der Waals surface area contributed by atoms with E-state index in [1.807, 2.05) is 24.3 Å². The van der Waals surface area contributed by atoms with E-state index in [9.17, 15) is 9.59 Å². The highest BCUT2D eigenvalue weighted by Crippen LogP contribution is 2.23. The molecular formula is C20H22ClNO4S. The summed E-state index contributed by atoms with van der Waals surface area (Å²) in [5.74, 6) is 0.914. The molecule has 0 aromatic heterocycles. The number of amides is 1. The topological polar surface area (TPSA) is 64.6 Å². The van der Waals surface area contributed by atoms with Gasteiger partial charge in [0.1, 0.15) is 5.75 Å². The van der Waals surface area contributed by atoms with Gasteiger partial charge in [-0.25, -0.2) is 0 Å². The number of halogens is 1. The van der Waals surface area contributed by atoms with Gasteiger partial charge in [-0.05, 0) is 42.0 Å². The Bertz CT molecular complexity index is 750. The lowest BCUT2D eigenvalue weighted by molar-refractivity contribution is -0.141. The highest BCUT2D eigenvalue weighted by atomic mass is 35.5. The van der Waals surface area contributed by atoms with Crippen molar-refractivity contribution in [3.8, 4) is 5.75 Å². The summed E-state index contributed by atoms with van der Waals surface area (Å²) < 4.78 is 9.86. The third-order valence-electron chi connectivity index (χ3n) is 3.86. The number of carbonyl (C=O) groups is 2. The van der Waals surface area contributed by atoms with Crippen molar-refractivity contribution in [2.45, 2.75) is 23.8 Å². The normalized spacial score (nSPS) is 11.5. The van der Waals surface area contributed by atoms with E-state index in [4.69, 9.17) is 21.1 Å². The minimum absolute atomic E-state index is 0.0650. The molecule has 2 rings (SSSR count). The van der Waals surface area contributed by atoms with Crippen molar-refractivity contribution in [1.82, 2.24) is 5.32 Å². The number of benzene rings is 2. The SMILES string of the molecule is COC(=O)CC(NC(=O)CCSc1ccc(OC)cc1)c1ccc(Cl)cc1. The van der Waals surface area contributed by atoms with Crippen LogP contribution in [0.25, 0.3) is 0 Å². The molecule has 0 spiro atoms. The second-order valence-electron chi connectivity index (χ2n) is 5.73. The van der Waals surface area contributed by atoms with Gasteiger partial charge in [0.05, 0.1) is 26.7 Å². The zero-order valence-electron chi connectivity index (χ0n) is 15.2. The lowest BCUT2D eigenvalue weighted by Crippen LogP contribution is -2.30. The standard InChI is InChI=1S/C20H22ClNO4S/c1-25-16-7-9-17(10-8-16)27-12-11-19(23)22-18(13-20(24)26-2)14-3-5-15(21)6-4-14/h3-10,18H,11-13H2,1-2H3,(H,22,23). The molecule has 1 atom stereocenters. The van der Waals surface area contributed by atoms with Gasteiger partial charge in [0, 0.05) is 22.1 Å². The summed E-state index contributed by atoms with van der Waals surface area (Å²) in [5, 5.41) is 3.50. The Morgan fingerprint density at radius 1 is 1.07 bits per heavy atom. The van der Waals surface area contributed by atoms with Crippen LogP contribution in [0.4, 0.5) is 0 Å². The molecule has 7 heteroatoms. The van der Waals surface area contributed by atoms with Crippen molar-refractivity contribution in [1.29, 1.82) is 0 Å². The summed E-state index contributed by atoms with van der Waals surface area (Å²) in [6.45, 7) is 0. The van der Waals surface area contributed by atoms with Gasteiger partial charge in [0.15, 0.2) is 0 Å². The van der Waals surface area contributed by atoms with E-state index < -0.39 is 6.04 Å². The van der Waals surface area contributed by atoms with Crippen LogP contribution in [0.3, 0.4) is 0 Å². The zero-order valence-corrected chi connectivity index (χ0v) is 16.8. The van der Waals surface area contributed by atoms with Crippen LogP contribution in [0.15, 0.2) is 53.4 Å². The second kappa shape index (κ2) is 10.8. The maximum Gasteiger partial charge on any atom is 0.307 e. The molecule has 0 aliphatic heterocycles. The van der Waals surface area contributed by atoms with Crippen molar-refractivity contribution in [3.63, 3.8) is 0 Å². The first-order chi connectivity index (χ1) is 13.0. The molecule has 2 aromatic carbocycles. The molecule has 0 radical (unpaired) electrons. The van der Waals surface area contributed by atoms with Gasteiger partial charge < -0.3 is 14.8 Å². The van der Waals surface area contributed by atoms with Gasteiger partial charge in [-0.2, -0.15) is 0 Å². The fraction of sp³-hybridized carbons (Fsp3) is 0.300. The maximum atomic E-state index is 12.3. The van der Waals surface area contributed by atoms with Gasteiger partial charge in [-0.3, -0.25) is 9.59 Å². The van der Waals surface area contributed by atoms with Crippen molar-refractivity contribution in [2.24, 2.45) is 0 Å². The molecule has 0 aliphatic carbocycles. The summed E-state index contributed by atoms with van der Waals surface area (Å²) in [6.07, 6.45) is 0.400. The fourth-order valence-electron chi connectivity index (χ4n) is 2.40. The molecular weight excluding hydrogens is 386 g/mol. The van der Waals surface area contributed by atoms with Crippen LogP contribution in [0.5, 0.6) is 5.75 Å². The number of ether oxygens (including phenoxy) is 2. The Hall–Kier alpha value is -2.18. The number of hydrogen-bond donors (Lipinski definition) is 1. The van der Waals surface area contributed by atoms with Crippen LogP contribution in [-0.2, 0) is 14.3 Å². The van der Waals surface area contributed by atoms with Crippen molar-refractivity contribution in [2.75, 3.05) is 20.0 Å². The monoisotopic (exact) mass is 407 g/mol. The van der Waals surface area contributed by atoms with E-state index in [1.165, 1.54) is 7.11 Å². The minimum Gasteiger partial charge on any atom is -0.497 e. The van der Waals surface area contributed by atoms with E-state index in [0.29, 0.717) is 17.2 Å². The maximum absolute atomic E-state index is 12.3. The molecule has 1 unspecified atom stereocenters. The predicted octanol–water partition coefficient (Wildman–Crippen LogP) is 4.25. The van der Waals surface area contributed by atoms with E-state index >= 15 is 0 Å². The highest BCUT2D eigenvalue weighted by Gasteiger charge is 2.19. The van der Waals surface area contributed by atoms with Gasteiger partial charge in [-0.1, -0.05) is 23.7 Å². The first-order valence-electron chi connectivity index (χ1n) is 8.40. The van der Waals surface area contributed by atoms with Gasteiger partial charge in [0.2, 0.25) is 5.91 Å². The van der Waals surface area contributed by atoms with Crippen LogP contribution < -0.4 is 10.1 Å². The number of carbonyl (C=O) groups excluding carboxylic acids is 2. The second-order valence-corrected chi connectivity index (χ2v) is 7.33. The lowest BCUT2D eigenvalue weighted by Gasteiger charge is -2.18. The molecule has 0 saturated carbocycles. The Labute approximate surface area is 168 Å². The lowest BCUT2D eigenvalue weighted by atomic mass is 10.0. The van der Waals surface area contributed by atoms with E-state index in [2.05, 4.69) is 5.32 Å². The van der Waals surface area contributed by atoms with Gasteiger partial charge in [0.25, 0.3) is 0 Å². The summed E-state index contributed by atoms with van der Waals surface area (Å²) in [5.41, 5.74) is 0.806. The molecule has 1 N–H and O–H groups in total. The Kier molecular flexibility index (Phi) is 8.48. The van der Waals surface area contributed by atoms with Crippen LogP contribution >= 0.6 is 23.4 Å². The molecule has 5 nitrogen and oxygen atoms in total. The molecule has 144 valence electrons. The summed E-state index contributed by atoms with van der Waals surface area (Å²) in [6, 6.07) is 14.3. The average Bonchev–Trinajstić information content (AvgIpc) is 2.68. The molecule has 0 saturated heterocycles. The van der Waals surface area contributed by atoms with Crippen LogP contribution in [0.1, 0.15) is 24.4 Å². The number of rotatable bonds is 9. The number of thioether (sulfide) groups is 1. The summed E-state index contributed by atoms with van der Waals surface area (Å²) in [4.78, 5) is 25.1. The molecule has 0 heterocycles. The third kappa shape index (κ3) is 7.15. The third-order valence-corrected chi connectivity index (χ3v) is 5.13. The Balaban J connectivity index is 1.90. The molecule has 0 aliphatic rings. The number of hydrogen-bond acceptors (Lipinski definition) is 5. The quantitative estimate of drug-likeness (QED) is 0.497. The summed E-state index contributed by atoms with van der Waals surface area (Å²) in [7, 11) is 2.95. The summed E-state index contributed by atoms with van der Waals surface area (Å²) >= 11 is 7.50. The first kappa shape index (κ1) is 21.1. The fourth-order valence-corrected chi connectivity index (χ4v) is 3.38. The largest absolute Gasteiger partial charge is 0.497 e. The molecule has 2 aromatic rings. The predicted molar refractivity (Wildman–Crippen MR) is 107 cm³/mol. The van der Waals surface area contributed by atoms with Crippen molar-refractivity contribution < 1.29 is 19.1 Å². The van der Waals surface area contributed by atoms with Crippen molar-refractivity contribution in [3.05, 3.63) is 59.1 Å². The van der Waals surface area contributed by atoms with Gasteiger partial charge >= 0.3 is 5.97 Å².